The average molecular weight is 221 g/mol. The summed E-state index contributed by atoms with van der Waals surface area (Å²) in [4.78, 5) is 0. The SMILES string of the molecule is CC(C)Oc1cccc(F)c1[B-](F)(F)F. The number of halogens is 4. The lowest BCUT2D eigenvalue weighted by atomic mass is 9.79. The van der Waals surface area contributed by atoms with Crippen LogP contribution in [0.5, 0.6) is 5.75 Å². The van der Waals surface area contributed by atoms with E-state index < -0.39 is 30.1 Å². The van der Waals surface area contributed by atoms with Crippen LogP contribution in [0.4, 0.5) is 17.3 Å². The molecular formula is C9H10BF4O-. The van der Waals surface area contributed by atoms with Gasteiger partial charge in [0.25, 0.3) is 0 Å². The minimum absolute atomic E-state index is 0.427. The first kappa shape index (κ1) is 11.9. The van der Waals surface area contributed by atoms with E-state index >= 15 is 0 Å². The van der Waals surface area contributed by atoms with Crippen molar-refractivity contribution in [3.63, 3.8) is 0 Å². The van der Waals surface area contributed by atoms with Gasteiger partial charge in [0.1, 0.15) is 0 Å². The Hall–Kier alpha value is -1.20. The fraction of sp³-hybridized carbons (Fsp3) is 0.333. The van der Waals surface area contributed by atoms with Gasteiger partial charge >= 0.3 is 6.98 Å². The van der Waals surface area contributed by atoms with Crippen molar-refractivity contribution in [2.24, 2.45) is 0 Å². The van der Waals surface area contributed by atoms with Crippen LogP contribution in [-0.4, -0.2) is 13.1 Å². The molecular weight excluding hydrogens is 211 g/mol. The van der Waals surface area contributed by atoms with Crippen LogP contribution in [-0.2, 0) is 0 Å². The minimum Gasteiger partial charge on any atom is -0.494 e. The molecule has 0 saturated carbocycles. The topological polar surface area (TPSA) is 9.23 Å². The van der Waals surface area contributed by atoms with Gasteiger partial charge in [-0.05, 0) is 31.4 Å². The predicted molar refractivity (Wildman–Crippen MR) is 50.9 cm³/mol. The minimum atomic E-state index is -5.39. The van der Waals surface area contributed by atoms with Gasteiger partial charge in [0.15, 0.2) is 0 Å². The molecule has 0 aliphatic carbocycles. The molecule has 1 aromatic carbocycles. The van der Waals surface area contributed by atoms with Crippen LogP contribution >= 0.6 is 0 Å². The van der Waals surface area contributed by atoms with Crippen LogP contribution in [0.1, 0.15) is 13.8 Å². The molecule has 0 fully saturated rings. The van der Waals surface area contributed by atoms with Crippen molar-refractivity contribution >= 4 is 12.4 Å². The summed E-state index contributed by atoms with van der Waals surface area (Å²) in [6.07, 6.45) is -0.427. The van der Waals surface area contributed by atoms with Crippen molar-refractivity contribution in [1.82, 2.24) is 0 Å². The molecule has 0 radical (unpaired) electrons. The van der Waals surface area contributed by atoms with Gasteiger partial charge in [-0.15, -0.1) is 0 Å². The molecule has 1 rings (SSSR count). The van der Waals surface area contributed by atoms with Crippen molar-refractivity contribution in [1.29, 1.82) is 0 Å². The third kappa shape index (κ3) is 2.87. The highest BCUT2D eigenvalue weighted by molar-refractivity contribution is 6.74. The van der Waals surface area contributed by atoms with Crippen LogP contribution in [0, 0.1) is 5.82 Å². The maximum Gasteiger partial charge on any atom is 0.516 e. The van der Waals surface area contributed by atoms with Crippen molar-refractivity contribution < 1.29 is 22.1 Å². The monoisotopic (exact) mass is 221 g/mol. The first-order chi connectivity index (χ1) is 6.82. The maximum atomic E-state index is 13.0. The van der Waals surface area contributed by atoms with Crippen LogP contribution in [0.15, 0.2) is 18.2 Å². The lowest BCUT2D eigenvalue weighted by Gasteiger charge is -2.21. The van der Waals surface area contributed by atoms with Crippen molar-refractivity contribution in [3.05, 3.63) is 24.0 Å². The zero-order chi connectivity index (χ0) is 11.6. The van der Waals surface area contributed by atoms with Gasteiger partial charge in [-0.25, -0.2) is 4.39 Å². The van der Waals surface area contributed by atoms with E-state index in [4.69, 9.17) is 4.74 Å². The van der Waals surface area contributed by atoms with Gasteiger partial charge in [-0.3, -0.25) is 0 Å². The van der Waals surface area contributed by atoms with Gasteiger partial charge in [0, 0.05) is 0 Å². The lowest BCUT2D eigenvalue weighted by Crippen LogP contribution is -2.38. The lowest BCUT2D eigenvalue weighted by molar-refractivity contribution is 0.242. The van der Waals surface area contributed by atoms with E-state index in [9.17, 15) is 17.3 Å². The smallest absolute Gasteiger partial charge is 0.494 e. The summed E-state index contributed by atoms with van der Waals surface area (Å²) in [5.41, 5.74) is -1.29. The number of hydrogen-bond acceptors (Lipinski definition) is 1. The Bertz CT molecular complexity index is 348. The number of ether oxygens (including phenoxy) is 1. The molecule has 0 aliphatic heterocycles. The van der Waals surface area contributed by atoms with E-state index in [0.717, 1.165) is 12.1 Å². The molecule has 0 heterocycles. The Balaban J connectivity index is 3.21. The summed E-state index contributed by atoms with van der Waals surface area (Å²) in [6.45, 7) is -2.23. The maximum absolute atomic E-state index is 13.0. The molecule has 1 aromatic rings. The van der Waals surface area contributed by atoms with Crippen molar-refractivity contribution in [2.75, 3.05) is 0 Å². The zero-order valence-electron chi connectivity index (χ0n) is 8.31. The Labute approximate surface area is 85.1 Å². The molecule has 6 heteroatoms. The average Bonchev–Trinajstić information content (AvgIpc) is 1.99. The molecule has 0 aliphatic rings. The van der Waals surface area contributed by atoms with Crippen LogP contribution in [0.25, 0.3) is 0 Å². The molecule has 0 amide bonds. The highest BCUT2D eigenvalue weighted by Gasteiger charge is 2.32. The highest BCUT2D eigenvalue weighted by atomic mass is 19.4. The molecule has 84 valence electrons. The van der Waals surface area contributed by atoms with Gasteiger partial charge in [0.2, 0.25) is 0 Å². The summed E-state index contributed by atoms with van der Waals surface area (Å²) in [7, 11) is 0. The Morgan fingerprint density at radius 1 is 1.20 bits per heavy atom. The summed E-state index contributed by atoms with van der Waals surface area (Å²) >= 11 is 0. The Kier molecular flexibility index (Phi) is 3.26. The summed E-state index contributed by atoms with van der Waals surface area (Å²) in [5, 5.41) is 0. The second-order valence-corrected chi connectivity index (χ2v) is 3.39. The molecule has 0 spiro atoms. The van der Waals surface area contributed by atoms with Gasteiger partial charge in [-0.1, -0.05) is 6.07 Å². The molecule has 0 atom stereocenters. The summed E-state index contributed by atoms with van der Waals surface area (Å²) < 4.78 is 55.4. The van der Waals surface area contributed by atoms with E-state index in [0.29, 0.717) is 0 Å². The fourth-order valence-corrected chi connectivity index (χ4v) is 1.19. The van der Waals surface area contributed by atoms with Crippen molar-refractivity contribution in [2.45, 2.75) is 20.0 Å². The van der Waals surface area contributed by atoms with Crippen LogP contribution < -0.4 is 10.2 Å². The standard InChI is InChI=1S/C9H10BF4O/c1-6(2)15-8-5-3-4-7(11)9(8)10(12,13)14/h3-6H,1-2H3/q-1. The largest absolute Gasteiger partial charge is 0.516 e. The first-order valence-electron chi connectivity index (χ1n) is 4.47. The fourth-order valence-electron chi connectivity index (χ4n) is 1.19. The highest BCUT2D eigenvalue weighted by Crippen LogP contribution is 2.20. The Morgan fingerprint density at radius 3 is 2.27 bits per heavy atom. The summed E-state index contributed by atoms with van der Waals surface area (Å²) in [6, 6.07) is 3.09. The first-order valence-corrected chi connectivity index (χ1v) is 4.47. The zero-order valence-corrected chi connectivity index (χ0v) is 8.31. The van der Waals surface area contributed by atoms with E-state index in [-0.39, 0.29) is 0 Å². The molecule has 1 nitrogen and oxygen atoms in total. The van der Waals surface area contributed by atoms with E-state index in [2.05, 4.69) is 0 Å². The normalized spacial score (nSPS) is 11.9. The molecule has 0 unspecified atom stereocenters. The van der Waals surface area contributed by atoms with Gasteiger partial charge < -0.3 is 17.7 Å². The van der Waals surface area contributed by atoms with Gasteiger partial charge in [-0.2, -0.15) is 0 Å². The molecule has 0 N–H and O–H groups in total. The molecule has 0 bridgehead atoms. The number of benzene rings is 1. The molecule has 0 saturated heterocycles. The van der Waals surface area contributed by atoms with Crippen LogP contribution in [0.2, 0.25) is 0 Å². The number of hydrogen-bond donors (Lipinski definition) is 0. The second kappa shape index (κ2) is 4.12. The molecule has 15 heavy (non-hydrogen) atoms. The molecule has 0 aromatic heterocycles. The van der Waals surface area contributed by atoms with Crippen LogP contribution in [0.3, 0.4) is 0 Å². The van der Waals surface area contributed by atoms with Crippen molar-refractivity contribution in [3.8, 4) is 5.75 Å². The van der Waals surface area contributed by atoms with E-state index in [1.54, 1.807) is 13.8 Å². The number of rotatable bonds is 3. The third-order valence-electron chi connectivity index (χ3n) is 1.70. The van der Waals surface area contributed by atoms with E-state index in [1.807, 2.05) is 0 Å². The predicted octanol–water partition coefficient (Wildman–Crippen LogP) is 2.67. The second-order valence-electron chi connectivity index (χ2n) is 3.39. The third-order valence-corrected chi connectivity index (χ3v) is 1.70. The Morgan fingerprint density at radius 2 is 1.80 bits per heavy atom. The quantitative estimate of drug-likeness (QED) is 0.563. The van der Waals surface area contributed by atoms with E-state index in [1.165, 1.54) is 6.07 Å². The summed E-state index contributed by atoms with van der Waals surface area (Å²) in [5.74, 6) is -1.74. The van der Waals surface area contributed by atoms with Gasteiger partial charge in [0.05, 0.1) is 17.7 Å².